The first kappa shape index (κ1) is 9.15. The zero-order valence-corrected chi connectivity index (χ0v) is 7.43. The molecule has 0 aliphatic rings. The van der Waals surface area contributed by atoms with E-state index in [0.717, 1.165) is 6.07 Å². The van der Waals surface area contributed by atoms with Crippen molar-refractivity contribution in [3.8, 4) is 0 Å². The van der Waals surface area contributed by atoms with Crippen LogP contribution in [0.25, 0.3) is 0 Å². The summed E-state index contributed by atoms with van der Waals surface area (Å²) in [5.74, 6) is -1.28. The molecule has 1 rings (SSSR count). The summed E-state index contributed by atoms with van der Waals surface area (Å²) in [5.41, 5.74) is 1.47. The van der Waals surface area contributed by atoms with Crippen molar-refractivity contribution >= 4 is 21.8 Å². The van der Waals surface area contributed by atoms with Gasteiger partial charge in [-0.15, -0.1) is 0 Å². The van der Waals surface area contributed by atoms with Gasteiger partial charge in [0, 0.05) is 5.56 Å². The number of hydrogen-bond donors (Lipinski definition) is 2. The molecule has 0 atom stereocenters. The van der Waals surface area contributed by atoms with Crippen LogP contribution in [0.5, 0.6) is 0 Å². The Morgan fingerprint density at radius 2 is 2.25 bits per heavy atom. The van der Waals surface area contributed by atoms with Gasteiger partial charge in [0.05, 0.1) is 4.47 Å². The minimum Gasteiger partial charge on any atom is -0.288 e. The van der Waals surface area contributed by atoms with Crippen molar-refractivity contribution in [2.24, 2.45) is 0 Å². The van der Waals surface area contributed by atoms with E-state index in [0.29, 0.717) is 0 Å². The van der Waals surface area contributed by atoms with Gasteiger partial charge >= 0.3 is 0 Å². The monoisotopic (exact) mass is 233 g/mol. The van der Waals surface area contributed by atoms with Crippen LogP contribution in [-0.2, 0) is 0 Å². The molecule has 1 aromatic rings. The van der Waals surface area contributed by atoms with Gasteiger partial charge in [0.15, 0.2) is 0 Å². The van der Waals surface area contributed by atoms with E-state index in [4.69, 9.17) is 5.21 Å². The average Bonchev–Trinajstić information content (AvgIpc) is 2.08. The van der Waals surface area contributed by atoms with E-state index in [1.807, 2.05) is 0 Å². The lowest BCUT2D eigenvalue weighted by Gasteiger charge is -1.99. The zero-order valence-electron chi connectivity index (χ0n) is 5.84. The molecule has 0 radical (unpaired) electrons. The number of halogens is 2. The highest BCUT2D eigenvalue weighted by molar-refractivity contribution is 9.10. The van der Waals surface area contributed by atoms with Crippen LogP contribution in [0.1, 0.15) is 10.4 Å². The summed E-state index contributed by atoms with van der Waals surface area (Å²) in [6.45, 7) is 0. The third-order valence-corrected chi connectivity index (χ3v) is 1.93. The van der Waals surface area contributed by atoms with Crippen molar-refractivity contribution in [3.63, 3.8) is 0 Å². The molecule has 0 aliphatic carbocycles. The number of rotatable bonds is 1. The number of hydroxylamine groups is 1. The van der Waals surface area contributed by atoms with E-state index in [1.165, 1.54) is 17.6 Å². The Bertz CT molecular complexity index is 316. The molecule has 0 spiro atoms. The standard InChI is InChI=1S/C7H5BrFNO2/c8-5-2-1-4(3-6(5)9)7(11)10-12/h1-3,12H,(H,10,11). The second-order valence-corrected chi connectivity index (χ2v) is 2.92. The second kappa shape index (κ2) is 3.64. The van der Waals surface area contributed by atoms with Gasteiger partial charge in [-0.1, -0.05) is 0 Å². The molecule has 0 aliphatic heterocycles. The summed E-state index contributed by atoms with van der Waals surface area (Å²) >= 11 is 2.93. The topological polar surface area (TPSA) is 49.3 Å². The lowest BCUT2D eigenvalue weighted by Crippen LogP contribution is -2.18. The van der Waals surface area contributed by atoms with Crippen LogP contribution < -0.4 is 5.48 Å². The molecule has 1 aromatic carbocycles. The van der Waals surface area contributed by atoms with Crippen LogP contribution in [0, 0.1) is 5.82 Å². The molecule has 1 amide bonds. The van der Waals surface area contributed by atoms with E-state index in [9.17, 15) is 9.18 Å². The van der Waals surface area contributed by atoms with Crippen molar-refractivity contribution < 1.29 is 14.4 Å². The van der Waals surface area contributed by atoms with E-state index < -0.39 is 11.7 Å². The smallest absolute Gasteiger partial charge is 0.274 e. The van der Waals surface area contributed by atoms with Crippen LogP contribution in [0.2, 0.25) is 0 Å². The number of carbonyl (C=O) groups excluding carboxylic acids is 1. The van der Waals surface area contributed by atoms with Crippen LogP contribution in [-0.4, -0.2) is 11.1 Å². The Kier molecular flexibility index (Phi) is 2.78. The van der Waals surface area contributed by atoms with Gasteiger partial charge in [0.2, 0.25) is 0 Å². The fourth-order valence-corrected chi connectivity index (χ4v) is 0.949. The van der Waals surface area contributed by atoms with Gasteiger partial charge in [-0.25, -0.2) is 9.87 Å². The Balaban J connectivity index is 3.05. The van der Waals surface area contributed by atoms with E-state index in [-0.39, 0.29) is 10.0 Å². The molecule has 0 unspecified atom stereocenters. The molecule has 2 N–H and O–H groups in total. The maximum Gasteiger partial charge on any atom is 0.274 e. The molecule has 12 heavy (non-hydrogen) atoms. The number of hydrogen-bond acceptors (Lipinski definition) is 2. The van der Waals surface area contributed by atoms with Crippen LogP contribution in [0.4, 0.5) is 4.39 Å². The minimum absolute atomic E-state index is 0.0678. The number of amides is 1. The molecule has 0 fully saturated rings. The van der Waals surface area contributed by atoms with E-state index >= 15 is 0 Å². The van der Waals surface area contributed by atoms with Crippen molar-refractivity contribution in [1.29, 1.82) is 0 Å². The van der Waals surface area contributed by atoms with Crippen LogP contribution in [0.15, 0.2) is 22.7 Å². The van der Waals surface area contributed by atoms with Gasteiger partial charge in [0.1, 0.15) is 5.82 Å². The molecule has 64 valence electrons. The fraction of sp³-hybridized carbons (Fsp3) is 0. The largest absolute Gasteiger partial charge is 0.288 e. The van der Waals surface area contributed by atoms with Gasteiger partial charge in [-0.2, -0.15) is 0 Å². The van der Waals surface area contributed by atoms with E-state index in [2.05, 4.69) is 15.9 Å². The minimum atomic E-state index is -0.735. The molecule has 3 nitrogen and oxygen atoms in total. The summed E-state index contributed by atoms with van der Waals surface area (Å²) in [4.78, 5) is 10.7. The Hall–Kier alpha value is -0.940. The first-order valence-corrected chi connectivity index (χ1v) is 3.84. The maximum absolute atomic E-state index is 12.8. The first-order chi connectivity index (χ1) is 5.65. The number of nitrogens with one attached hydrogen (secondary N) is 1. The number of carbonyl (C=O) groups is 1. The average molecular weight is 234 g/mol. The second-order valence-electron chi connectivity index (χ2n) is 2.07. The molecule has 0 saturated heterocycles. The summed E-state index contributed by atoms with van der Waals surface area (Å²) < 4.78 is 13.0. The van der Waals surface area contributed by atoms with Gasteiger partial charge in [-0.05, 0) is 34.1 Å². The Morgan fingerprint density at radius 1 is 1.58 bits per heavy atom. The lowest BCUT2D eigenvalue weighted by atomic mass is 10.2. The normalized spacial score (nSPS) is 9.58. The van der Waals surface area contributed by atoms with Crippen molar-refractivity contribution in [2.45, 2.75) is 0 Å². The van der Waals surface area contributed by atoms with Crippen LogP contribution >= 0.6 is 15.9 Å². The predicted octanol–water partition coefficient (Wildman–Crippen LogP) is 1.71. The van der Waals surface area contributed by atoms with Crippen molar-refractivity contribution in [1.82, 2.24) is 5.48 Å². The van der Waals surface area contributed by atoms with Gasteiger partial charge < -0.3 is 0 Å². The highest BCUT2D eigenvalue weighted by atomic mass is 79.9. The summed E-state index contributed by atoms with van der Waals surface area (Å²) in [6, 6.07) is 3.80. The SMILES string of the molecule is O=C(NO)c1ccc(Br)c(F)c1. The molecular formula is C7H5BrFNO2. The molecule has 0 bridgehead atoms. The molecule has 0 heterocycles. The van der Waals surface area contributed by atoms with Crippen molar-refractivity contribution in [2.75, 3.05) is 0 Å². The molecule has 0 saturated carbocycles. The van der Waals surface area contributed by atoms with Crippen LogP contribution in [0.3, 0.4) is 0 Å². The zero-order chi connectivity index (χ0) is 9.14. The third-order valence-electron chi connectivity index (χ3n) is 1.28. The number of benzene rings is 1. The third kappa shape index (κ3) is 1.80. The quantitative estimate of drug-likeness (QED) is 0.574. The Labute approximate surface area is 76.3 Å². The lowest BCUT2D eigenvalue weighted by molar-refractivity contribution is 0.0706. The highest BCUT2D eigenvalue weighted by Crippen LogP contribution is 2.15. The molecule has 0 aromatic heterocycles. The predicted molar refractivity (Wildman–Crippen MR) is 43.4 cm³/mol. The van der Waals surface area contributed by atoms with Crippen molar-refractivity contribution in [3.05, 3.63) is 34.1 Å². The molecular weight excluding hydrogens is 229 g/mol. The summed E-state index contributed by atoms with van der Waals surface area (Å²) in [5, 5.41) is 8.21. The highest BCUT2D eigenvalue weighted by Gasteiger charge is 2.06. The van der Waals surface area contributed by atoms with E-state index in [1.54, 1.807) is 0 Å². The van der Waals surface area contributed by atoms with Gasteiger partial charge in [-0.3, -0.25) is 10.0 Å². The first-order valence-electron chi connectivity index (χ1n) is 3.04. The fourth-order valence-electron chi connectivity index (χ4n) is 0.702. The summed E-state index contributed by atoms with van der Waals surface area (Å²) in [7, 11) is 0. The summed E-state index contributed by atoms with van der Waals surface area (Å²) in [6.07, 6.45) is 0. The Morgan fingerprint density at radius 3 is 2.75 bits per heavy atom. The molecule has 5 heteroatoms. The van der Waals surface area contributed by atoms with Gasteiger partial charge in [0.25, 0.3) is 5.91 Å². The maximum atomic E-state index is 12.8.